The van der Waals surface area contributed by atoms with Gasteiger partial charge in [-0.15, -0.1) is 5.10 Å². The number of aromatic amines is 2. The third-order valence-corrected chi connectivity index (χ3v) is 4.25. The molecule has 32 heavy (non-hydrogen) atoms. The highest BCUT2D eigenvalue weighted by Crippen LogP contribution is 2.30. The van der Waals surface area contributed by atoms with E-state index in [1.165, 1.54) is 13.3 Å². The second-order valence-corrected chi connectivity index (χ2v) is 6.66. The van der Waals surface area contributed by atoms with Crippen LogP contribution in [0.2, 0.25) is 0 Å². The molecule has 3 aromatic rings. The predicted octanol–water partition coefficient (Wildman–Crippen LogP) is 0.916. The monoisotopic (exact) mass is 438 g/mol. The van der Waals surface area contributed by atoms with Crippen LogP contribution in [0.15, 0.2) is 57.2 Å². The molecule has 4 N–H and O–H groups in total. The molecule has 0 unspecified atom stereocenters. The van der Waals surface area contributed by atoms with Crippen LogP contribution in [0.3, 0.4) is 0 Å². The number of para-hydroxylation sites is 1. The van der Waals surface area contributed by atoms with E-state index >= 15 is 0 Å². The molecule has 166 valence electrons. The number of H-pyrrole nitrogens is 2. The number of carbonyl (C=O) groups excluding carboxylic acids is 1. The minimum absolute atomic E-state index is 0.191. The molecule has 0 bridgehead atoms. The zero-order valence-corrected chi connectivity index (χ0v) is 17.5. The molecule has 0 aliphatic rings. The summed E-state index contributed by atoms with van der Waals surface area (Å²) in [5, 5.41) is 12.0. The lowest BCUT2D eigenvalue weighted by molar-refractivity contribution is -0.119. The summed E-state index contributed by atoms with van der Waals surface area (Å²) in [6.45, 7) is 2.06. The molecule has 11 nitrogen and oxygen atoms in total. The Morgan fingerprint density at radius 1 is 1.19 bits per heavy atom. The number of hydrazone groups is 1. The van der Waals surface area contributed by atoms with Gasteiger partial charge in [0, 0.05) is 5.56 Å². The third-order valence-electron chi connectivity index (χ3n) is 4.25. The fraction of sp³-hybridized carbons (Fsp3) is 0.190. The molecule has 11 heteroatoms. The Balaban J connectivity index is 1.62. The summed E-state index contributed by atoms with van der Waals surface area (Å²) in [4.78, 5) is 36.5. The van der Waals surface area contributed by atoms with Gasteiger partial charge >= 0.3 is 5.69 Å². The SMILES string of the molecule is COc1cccc(/C=N/NC(=O)CNc2n[nH]c(=O)[nH]c2=O)c1OCc1ccc(C)cc1. The fourth-order valence-electron chi connectivity index (χ4n) is 2.63. The van der Waals surface area contributed by atoms with Gasteiger partial charge in [-0.2, -0.15) is 5.10 Å². The van der Waals surface area contributed by atoms with E-state index in [0.717, 1.165) is 11.1 Å². The van der Waals surface area contributed by atoms with Crippen molar-refractivity contribution in [2.75, 3.05) is 19.0 Å². The zero-order valence-electron chi connectivity index (χ0n) is 17.5. The van der Waals surface area contributed by atoms with Crippen molar-refractivity contribution < 1.29 is 14.3 Å². The van der Waals surface area contributed by atoms with Gasteiger partial charge in [-0.1, -0.05) is 35.9 Å². The van der Waals surface area contributed by atoms with Crippen molar-refractivity contribution in [3.8, 4) is 11.5 Å². The Bertz CT molecular complexity index is 1220. The number of amides is 1. The molecule has 0 saturated carbocycles. The molecule has 1 heterocycles. The van der Waals surface area contributed by atoms with Crippen molar-refractivity contribution in [3.05, 3.63) is 80.0 Å². The Hall–Kier alpha value is -4.41. The first-order valence-corrected chi connectivity index (χ1v) is 9.56. The molecule has 0 aliphatic carbocycles. The number of aromatic nitrogens is 3. The van der Waals surface area contributed by atoms with Crippen LogP contribution in [0.25, 0.3) is 0 Å². The first-order valence-electron chi connectivity index (χ1n) is 9.56. The average molecular weight is 438 g/mol. The second kappa shape index (κ2) is 10.6. The molecule has 0 saturated heterocycles. The van der Waals surface area contributed by atoms with E-state index in [9.17, 15) is 14.4 Å². The highest BCUT2D eigenvalue weighted by Gasteiger charge is 2.10. The van der Waals surface area contributed by atoms with Gasteiger partial charge in [-0.05, 0) is 24.6 Å². The number of rotatable bonds is 9. The lowest BCUT2D eigenvalue weighted by atomic mass is 10.1. The van der Waals surface area contributed by atoms with Gasteiger partial charge in [0.05, 0.1) is 19.9 Å². The summed E-state index contributed by atoms with van der Waals surface area (Å²) in [5.74, 6) is 0.287. The Labute approximate surface area is 182 Å². The van der Waals surface area contributed by atoms with Gasteiger partial charge in [-0.3, -0.25) is 14.6 Å². The Kier molecular flexibility index (Phi) is 7.36. The van der Waals surface area contributed by atoms with Crippen molar-refractivity contribution in [1.29, 1.82) is 0 Å². The lowest BCUT2D eigenvalue weighted by Crippen LogP contribution is -2.31. The van der Waals surface area contributed by atoms with Crippen LogP contribution in [0, 0.1) is 6.92 Å². The number of hydrogen-bond donors (Lipinski definition) is 4. The summed E-state index contributed by atoms with van der Waals surface area (Å²) in [6.07, 6.45) is 1.43. The maximum Gasteiger partial charge on any atom is 0.342 e. The van der Waals surface area contributed by atoms with Crippen LogP contribution in [0.4, 0.5) is 5.82 Å². The first kappa shape index (κ1) is 22.3. The molecule has 3 rings (SSSR count). The molecule has 0 radical (unpaired) electrons. The number of anilines is 1. The van der Waals surface area contributed by atoms with Crippen LogP contribution in [0.5, 0.6) is 11.5 Å². The molecule has 1 amide bonds. The van der Waals surface area contributed by atoms with E-state index in [2.05, 4.69) is 26.0 Å². The average Bonchev–Trinajstić information content (AvgIpc) is 2.78. The molecular formula is C21H22N6O5. The van der Waals surface area contributed by atoms with E-state index in [1.807, 2.05) is 36.2 Å². The molecule has 0 spiro atoms. The van der Waals surface area contributed by atoms with E-state index in [-0.39, 0.29) is 12.4 Å². The van der Waals surface area contributed by atoms with Crippen LogP contribution in [0.1, 0.15) is 16.7 Å². The second-order valence-electron chi connectivity index (χ2n) is 6.66. The van der Waals surface area contributed by atoms with Gasteiger partial charge in [0.2, 0.25) is 5.82 Å². The van der Waals surface area contributed by atoms with Crippen molar-refractivity contribution in [2.45, 2.75) is 13.5 Å². The number of aryl methyl sites for hydroxylation is 1. The number of ether oxygens (including phenoxy) is 2. The number of methoxy groups -OCH3 is 1. The van der Waals surface area contributed by atoms with Crippen LogP contribution in [-0.4, -0.2) is 41.0 Å². The van der Waals surface area contributed by atoms with Gasteiger partial charge in [0.1, 0.15) is 6.61 Å². The fourth-order valence-corrected chi connectivity index (χ4v) is 2.63. The van der Waals surface area contributed by atoms with E-state index < -0.39 is 17.2 Å². The highest BCUT2D eigenvalue weighted by molar-refractivity contribution is 5.87. The number of nitrogens with one attached hydrogen (secondary N) is 4. The minimum Gasteiger partial charge on any atom is -0.493 e. The summed E-state index contributed by atoms with van der Waals surface area (Å²) in [6, 6.07) is 13.3. The third kappa shape index (κ3) is 6.05. The summed E-state index contributed by atoms with van der Waals surface area (Å²) >= 11 is 0. The van der Waals surface area contributed by atoms with Crippen LogP contribution < -0.4 is 31.5 Å². The quantitative estimate of drug-likeness (QED) is 0.286. The normalized spacial score (nSPS) is 10.7. The molecule has 2 aromatic carbocycles. The van der Waals surface area contributed by atoms with Gasteiger partial charge in [-0.25, -0.2) is 15.3 Å². The smallest absolute Gasteiger partial charge is 0.342 e. The number of benzene rings is 2. The molecular weight excluding hydrogens is 416 g/mol. The largest absolute Gasteiger partial charge is 0.493 e. The highest BCUT2D eigenvalue weighted by atomic mass is 16.5. The Morgan fingerprint density at radius 2 is 1.97 bits per heavy atom. The van der Waals surface area contributed by atoms with Gasteiger partial charge < -0.3 is 14.8 Å². The van der Waals surface area contributed by atoms with Crippen molar-refractivity contribution in [3.63, 3.8) is 0 Å². The number of hydrogen-bond acceptors (Lipinski definition) is 8. The van der Waals surface area contributed by atoms with E-state index in [4.69, 9.17) is 9.47 Å². The predicted molar refractivity (Wildman–Crippen MR) is 118 cm³/mol. The minimum atomic E-state index is -0.742. The standard InChI is InChI=1S/C21H22N6O5/c1-13-6-8-14(9-7-13)12-32-18-15(4-3-5-16(18)31-2)10-23-25-17(28)11-22-19-20(29)24-21(30)27-26-19/h3-10H,11-12H2,1-2H3,(H,22,26)(H,25,28)(H2,24,27,29,30)/b23-10+. The van der Waals surface area contributed by atoms with Gasteiger partial charge in [0.15, 0.2) is 11.5 Å². The zero-order chi connectivity index (χ0) is 22.9. The van der Waals surface area contributed by atoms with Crippen molar-refractivity contribution >= 4 is 17.9 Å². The lowest BCUT2D eigenvalue weighted by Gasteiger charge is -2.13. The summed E-state index contributed by atoms with van der Waals surface area (Å²) in [5.41, 5.74) is 3.61. The first-order chi connectivity index (χ1) is 15.5. The maximum absolute atomic E-state index is 12.0. The number of nitrogens with zero attached hydrogens (tertiary/aromatic N) is 2. The Morgan fingerprint density at radius 3 is 2.69 bits per heavy atom. The molecule has 0 fully saturated rings. The summed E-state index contributed by atoms with van der Waals surface area (Å²) < 4.78 is 11.3. The molecule has 0 aliphatic heterocycles. The maximum atomic E-state index is 12.0. The van der Waals surface area contributed by atoms with Gasteiger partial charge in [0.25, 0.3) is 11.5 Å². The molecule has 1 aromatic heterocycles. The summed E-state index contributed by atoms with van der Waals surface area (Å²) in [7, 11) is 1.54. The van der Waals surface area contributed by atoms with E-state index in [1.54, 1.807) is 18.2 Å². The van der Waals surface area contributed by atoms with Crippen molar-refractivity contribution in [1.82, 2.24) is 20.6 Å². The molecule has 0 atom stereocenters. The van der Waals surface area contributed by atoms with Crippen molar-refractivity contribution in [2.24, 2.45) is 5.10 Å². The van der Waals surface area contributed by atoms with Crippen LogP contribution >= 0.6 is 0 Å². The van der Waals surface area contributed by atoms with Crippen LogP contribution in [-0.2, 0) is 11.4 Å². The number of carbonyl (C=O) groups is 1. The van der Waals surface area contributed by atoms with E-state index in [0.29, 0.717) is 23.7 Å². The topological polar surface area (TPSA) is 151 Å².